The molecule has 1 heterocycles. The van der Waals surface area contributed by atoms with Gasteiger partial charge < -0.3 is 20.5 Å². The van der Waals surface area contributed by atoms with Crippen molar-refractivity contribution >= 4 is 17.2 Å². The Morgan fingerprint density at radius 1 is 1.38 bits per heavy atom. The number of benzene rings is 1. The maximum atomic E-state index is 11.2. The number of nitrogens with one attached hydrogen (secondary N) is 2. The SMILES string of the molecule is CNC(=O)COc1ccc(CC(C)NCC(C)(O)c2csc(C)n2)cc1. The number of amides is 1. The molecule has 3 N–H and O–H groups in total. The lowest BCUT2D eigenvalue weighted by atomic mass is 10.0. The first-order valence-electron chi connectivity index (χ1n) is 8.61. The number of thiazole rings is 1. The van der Waals surface area contributed by atoms with Crippen LogP contribution in [-0.2, 0) is 16.8 Å². The first-order chi connectivity index (χ1) is 12.3. The lowest BCUT2D eigenvalue weighted by molar-refractivity contribution is -0.122. The molecule has 0 saturated heterocycles. The summed E-state index contributed by atoms with van der Waals surface area (Å²) in [6.45, 7) is 6.24. The van der Waals surface area contributed by atoms with Crippen molar-refractivity contribution in [3.8, 4) is 5.75 Å². The molecule has 2 aromatic rings. The van der Waals surface area contributed by atoms with Crippen LogP contribution in [0, 0.1) is 6.92 Å². The molecular weight excluding hydrogens is 350 g/mol. The molecule has 0 fully saturated rings. The Bertz CT molecular complexity index is 713. The topological polar surface area (TPSA) is 83.5 Å². The van der Waals surface area contributed by atoms with Gasteiger partial charge in [-0.1, -0.05) is 12.1 Å². The van der Waals surface area contributed by atoms with Crippen LogP contribution < -0.4 is 15.4 Å². The summed E-state index contributed by atoms with van der Waals surface area (Å²) in [5.41, 5.74) is 0.870. The Morgan fingerprint density at radius 2 is 2.08 bits per heavy atom. The molecule has 0 radical (unpaired) electrons. The molecule has 0 spiro atoms. The molecule has 2 atom stereocenters. The van der Waals surface area contributed by atoms with Gasteiger partial charge in [0.15, 0.2) is 6.61 Å². The van der Waals surface area contributed by atoms with E-state index in [-0.39, 0.29) is 18.6 Å². The summed E-state index contributed by atoms with van der Waals surface area (Å²) in [4.78, 5) is 15.6. The summed E-state index contributed by atoms with van der Waals surface area (Å²) >= 11 is 1.54. The second-order valence-electron chi connectivity index (χ2n) is 6.62. The van der Waals surface area contributed by atoms with Gasteiger partial charge in [0, 0.05) is 25.0 Å². The molecule has 0 aliphatic heterocycles. The number of nitrogens with zero attached hydrogens (tertiary/aromatic N) is 1. The molecule has 26 heavy (non-hydrogen) atoms. The standard InChI is InChI=1S/C19H27N3O3S/c1-13(21-12-19(3,24)17-11-26-14(2)22-17)9-15-5-7-16(8-6-15)25-10-18(23)20-4/h5-8,11,13,21,24H,9-10,12H2,1-4H3,(H,20,23). The van der Waals surface area contributed by atoms with Crippen molar-refractivity contribution < 1.29 is 14.6 Å². The molecule has 142 valence electrons. The highest BCUT2D eigenvalue weighted by molar-refractivity contribution is 7.09. The molecule has 0 saturated carbocycles. The van der Waals surface area contributed by atoms with Crippen molar-refractivity contribution in [2.75, 3.05) is 20.2 Å². The Morgan fingerprint density at radius 3 is 2.65 bits per heavy atom. The maximum absolute atomic E-state index is 11.2. The minimum Gasteiger partial charge on any atom is -0.484 e. The molecule has 1 amide bonds. The normalized spacial score (nSPS) is 14.5. The van der Waals surface area contributed by atoms with Gasteiger partial charge in [-0.3, -0.25) is 4.79 Å². The van der Waals surface area contributed by atoms with E-state index in [4.69, 9.17) is 4.74 Å². The van der Waals surface area contributed by atoms with Crippen LogP contribution >= 0.6 is 11.3 Å². The van der Waals surface area contributed by atoms with Gasteiger partial charge in [-0.25, -0.2) is 4.98 Å². The molecule has 7 heteroatoms. The van der Waals surface area contributed by atoms with E-state index in [1.54, 1.807) is 25.3 Å². The van der Waals surface area contributed by atoms with Gasteiger partial charge in [0.1, 0.15) is 11.4 Å². The third-order valence-electron chi connectivity index (χ3n) is 4.08. The average molecular weight is 378 g/mol. The monoisotopic (exact) mass is 377 g/mol. The van der Waals surface area contributed by atoms with E-state index >= 15 is 0 Å². The van der Waals surface area contributed by atoms with Crippen molar-refractivity contribution in [2.45, 2.75) is 38.8 Å². The number of rotatable bonds is 9. The van der Waals surface area contributed by atoms with Gasteiger partial charge in [0.25, 0.3) is 5.91 Å². The summed E-state index contributed by atoms with van der Waals surface area (Å²) in [5, 5.41) is 19.3. The Kier molecular flexibility index (Phi) is 7.14. The first-order valence-corrected chi connectivity index (χ1v) is 9.49. The fraction of sp³-hybridized carbons (Fsp3) is 0.474. The van der Waals surface area contributed by atoms with E-state index in [9.17, 15) is 9.90 Å². The lowest BCUT2D eigenvalue weighted by Gasteiger charge is -2.24. The van der Waals surface area contributed by atoms with E-state index < -0.39 is 5.60 Å². The van der Waals surface area contributed by atoms with Gasteiger partial charge in [-0.05, 0) is 44.9 Å². The minimum atomic E-state index is -0.990. The van der Waals surface area contributed by atoms with Crippen LogP contribution in [0.25, 0.3) is 0 Å². The highest BCUT2D eigenvalue weighted by atomic mass is 32.1. The molecule has 0 aliphatic carbocycles. The van der Waals surface area contributed by atoms with Crippen LogP contribution in [-0.4, -0.2) is 42.2 Å². The zero-order chi connectivity index (χ0) is 19.2. The Balaban J connectivity index is 1.82. The van der Waals surface area contributed by atoms with E-state index in [1.165, 1.54) is 0 Å². The van der Waals surface area contributed by atoms with E-state index in [0.717, 1.165) is 17.0 Å². The first kappa shape index (κ1) is 20.4. The van der Waals surface area contributed by atoms with Crippen molar-refractivity contribution in [1.82, 2.24) is 15.6 Å². The number of carbonyl (C=O) groups excluding carboxylic acids is 1. The number of aryl methyl sites for hydroxylation is 1. The van der Waals surface area contributed by atoms with Crippen molar-refractivity contribution in [3.05, 3.63) is 45.9 Å². The van der Waals surface area contributed by atoms with E-state index in [0.29, 0.717) is 18.0 Å². The highest BCUT2D eigenvalue weighted by Crippen LogP contribution is 2.22. The van der Waals surface area contributed by atoms with E-state index in [1.807, 2.05) is 36.6 Å². The third-order valence-corrected chi connectivity index (χ3v) is 4.85. The molecule has 0 aliphatic rings. The van der Waals surface area contributed by atoms with Crippen LogP contribution in [0.1, 0.15) is 30.1 Å². The van der Waals surface area contributed by atoms with Crippen molar-refractivity contribution in [1.29, 1.82) is 0 Å². The van der Waals surface area contributed by atoms with Crippen LogP contribution in [0.3, 0.4) is 0 Å². The van der Waals surface area contributed by atoms with Gasteiger partial charge in [0.2, 0.25) is 0 Å². The number of likely N-dealkylation sites (N-methyl/N-ethyl adjacent to an activating group) is 1. The molecule has 1 aromatic heterocycles. The Labute approximate surface area is 158 Å². The zero-order valence-electron chi connectivity index (χ0n) is 15.7. The quantitative estimate of drug-likeness (QED) is 0.623. The summed E-state index contributed by atoms with van der Waals surface area (Å²) in [6, 6.07) is 7.88. The summed E-state index contributed by atoms with van der Waals surface area (Å²) < 4.78 is 5.40. The lowest BCUT2D eigenvalue weighted by Crippen LogP contribution is -2.40. The second kappa shape index (κ2) is 9.12. The zero-order valence-corrected chi connectivity index (χ0v) is 16.5. The van der Waals surface area contributed by atoms with Crippen molar-refractivity contribution in [3.63, 3.8) is 0 Å². The van der Waals surface area contributed by atoms with Crippen molar-refractivity contribution in [2.24, 2.45) is 0 Å². The minimum absolute atomic E-state index is 0.0129. The number of aromatic nitrogens is 1. The maximum Gasteiger partial charge on any atom is 0.257 e. The highest BCUT2D eigenvalue weighted by Gasteiger charge is 2.26. The van der Waals surface area contributed by atoms with E-state index in [2.05, 4.69) is 22.5 Å². The smallest absolute Gasteiger partial charge is 0.257 e. The van der Waals surface area contributed by atoms with Crippen LogP contribution in [0.15, 0.2) is 29.6 Å². The number of aliphatic hydroxyl groups is 1. The van der Waals surface area contributed by atoms with Crippen LogP contribution in [0.4, 0.5) is 0 Å². The predicted octanol–water partition coefficient (Wildman–Crippen LogP) is 2.00. The molecule has 0 bridgehead atoms. The summed E-state index contributed by atoms with van der Waals surface area (Å²) in [5.74, 6) is 0.508. The van der Waals surface area contributed by atoms with Gasteiger partial charge >= 0.3 is 0 Å². The number of hydrogen-bond donors (Lipinski definition) is 3. The average Bonchev–Trinajstić information content (AvgIpc) is 3.06. The number of hydrogen-bond acceptors (Lipinski definition) is 6. The Hall–Kier alpha value is -1.96. The molecule has 6 nitrogen and oxygen atoms in total. The molecule has 2 unspecified atom stereocenters. The van der Waals surface area contributed by atoms with Gasteiger partial charge in [-0.15, -0.1) is 11.3 Å². The second-order valence-corrected chi connectivity index (χ2v) is 7.68. The fourth-order valence-electron chi connectivity index (χ4n) is 2.44. The fourth-order valence-corrected chi connectivity index (χ4v) is 3.18. The number of carbonyl (C=O) groups is 1. The molecular formula is C19H27N3O3S. The summed E-state index contributed by atoms with van der Waals surface area (Å²) in [6.07, 6.45) is 0.821. The summed E-state index contributed by atoms with van der Waals surface area (Å²) in [7, 11) is 1.58. The largest absolute Gasteiger partial charge is 0.484 e. The predicted molar refractivity (Wildman–Crippen MR) is 104 cm³/mol. The van der Waals surface area contributed by atoms with Crippen LogP contribution in [0.5, 0.6) is 5.75 Å². The number of ether oxygens (including phenoxy) is 1. The van der Waals surface area contributed by atoms with Gasteiger partial charge in [-0.2, -0.15) is 0 Å². The van der Waals surface area contributed by atoms with Gasteiger partial charge in [0.05, 0.1) is 10.7 Å². The molecule has 1 aromatic carbocycles. The van der Waals surface area contributed by atoms with Crippen LogP contribution in [0.2, 0.25) is 0 Å². The molecule has 2 rings (SSSR count). The third kappa shape index (κ3) is 6.09.